The fraction of sp³-hybridized carbons (Fsp3) is 0.290. The number of aromatic nitrogens is 1. The zero-order chi connectivity index (χ0) is 28.4. The Morgan fingerprint density at radius 2 is 1.93 bits per heavy atom. The van der Waals surface area contributed by atoms with Crippen LogP contribution in [0.3, 0.4) is 0 Å². The highest BCUT2D eigenvalue weighted by Crippen LogP contribution is 2.40. The van der Waals surface area contributed by atoms with E-state index in [0.29, 0.717) is 21.9 Å². The molecule has 0 saturated heterocycles. The number of hydrogen-bond donors (Lipinski definition) is 1. The van der Waals surface area contributed by atoms with Gasteiger partial charge in [-0.1, -0.05) is 69.7 Å². The van der Waals surface area contributed by atoms with Gasteiger partial charge in [0.1, 0.15) is 11.1 Å². The van der Waals surface area contributed by atoms with E-state index in [1.165, 1.54) is 16.7 Å². The Hall–Kier alpha value is -3.61. The second-order valence-corrected chi connectivity index (χ2v) is 11.7. The van der Waals surface area contributed by atoms with Crippen LogP contribution in [0.5, 0.6) is 0 Å². The van der Waals surface area contributed by atoms with Gasteiger partial charge in [-0.2, -0.15) is 5.26 Å². The largest absolute Gasteiger partial charge is 0.463 e. The lowest BCUT2D eigenvalue weighted by atomic mass is 9.95. The van der Waals surface area contributed by atoms with Crippen LogP contribution in [0.1, 0.15) is 47.3 Å². The third-order valence-corrected chi connectivity index (χ3v) is 8.78. The van der Waals surface area contributed by atoms with Gasteiger partial charge in [-0.25, -0.2) is 14.6 Å². The number of thioether (sulfide) groups is 1. The number of rotatable bonds is 7. The van der Waals surface area contributed by atoms with E-state index in [-0.39, 0.29) is 18.4 Å². The fourth-order valence-electron chi connectivity index (χ4n) is 5.23. The van der Waals surface area contributed by atoms with Crippen molar-refractivity contribution in [3.05, 3.63) is 92.2 Å². The second kappa shape index (κ2) is 11.9. The summed E-state index contributed by atoms with van der Waals surface area (Å²) in [5.74, 6) is -0.223. The van der Waals surface area contributed by atoms with E-state index in [1.54, 1.807) is 14.0 Å². The summed E-state index contributed by atoms with van der Waals surface area (Å²) in [5.41, 5.74) is 7.44. The van der Waals surface area contributed by atoms with Crippen molar-refractivity contribution in [1.29, 1.82) is 5.26 Å². The van der Waals surface area contributed by atoms with Gasteiger partial charge in [-0.05, 0) is 61.9 Å². The van der Waals surface area contributed by atoms with Gasteiger partial charge < -0.3 is 10.1 Å². The van der Waals surface area contributed by atoms with E-state index in [1.807, 2.05) is 31.2 Å². The van der Waals surface area contributed by atoms with Crippen LogP contribution in [-0.2, 0) is 22.4 Å². The number of esters is 1. The number of nitrogens with zero attached hydrogens (tertiary/aromatic N) is 3. The topological polar surface area (TPSA) is 95.3 Å². The summed E-state index contributed by atoms with van der Waals surface area (Å²) < 4.78 is 6.35. The van der Waals surface area contributed by atoms with Crippen LogP contribution < -0.4 is 5.32 Å². The van der Waals surface area contributed by atoms with Crippen molar-refractivity contribution in [2.75, 3.05) is 19.4 Å². The number of nitriles is 1. The average molecular weight is 618 g/mol. The highest BCUT2D eigenvalue weighted by Gasteiger charge is 2.37. The highest BCUT2D eigenvalue weighted by molar-refractivity contribution is 9.10. The molecule has 9 heteroatoms. The molecule has 204 valence electrons. The van der Waals surface area contributed by atoms with E-state index in [9.17, 15) is 14.9 Å². The number of ether oxygens (including phenoxy) is 1. The third kappa shape index (κ3) is 5.38. The van der Waals surface area contributed by atoms with Gasteiger partial charge >= 0.3 is 12.0 Å². The lowest BCUT2D eigenvalue weighted by molar-refractivity contribution is -0.139. The van der Waals surface area contributed by atoms with Crippen molar-refractivity contribution in [1.82, 2.24) is 15.2 Å². The summed E-state index contributed by atoms with van der Waals surface area (Å²) in [6, 6.07) is 17.1. The lowest BCUT2D eigenvalue weighted by Crippen LogP contribution is -2.47. The maximum Gasteiger partial charge on any atom is 0.338 e. The number of benzene rings is 2. The van der Waals surface area contributed by atoms with Crippen LogP contribution >= 0.6 is 27.7 Å². The number of pyridine rings is 1. The Morgan fingerprint density at radius 3 is 2.60 bits per heavy atom. The molecule has 0 saturated carbocycles. The van der Waals surface area contributed by atoms with Gasteiger partial charge in [-0.15, -0.1) is 0 Å². The lowest BCUT2D eigenvalue weighted by Gasteiger charge is -2.34. The average Bonchev–Trinajstić information content (AvgIpc) is 3.42. The minimum atomic E-state index is -0.669. The summed E-state index contributed by atoms with van der Waals surface area (Å²) in [7, 11) is 1.64. The van der Waals surface area contributed by atoms with Crippen molar-refractivity contribution < 1.29 is 14.3 Å². The molecular formula is C31H29BrN4O3S. The quantitative estimate of drug-likeness (QED) is 0.241. The van der Waals surface area contributed by atoms with E-state index >= 15 is 0 Å². The van der Waals surface area contributed by atoms with Crippen molar-refractivity contribution in [3.8, 4) is 17.2 Å². The molecule has 0 radical (unpaired) electrons. The van der Waals surface area contributed by atoms with Gasteiger partial charge in [0.15, 0.2) is 0 Å². The molecular weight excluding hydrogens is 588 g/mol. The number of hydrogen-bond acceptors (Lipinski definition) is 6. The summed E-state index contributed by atoms with van der Waals surface area (Å²) >= 11 is 4.82. The van der Waals surface area contributed by atoms with Gasteiger partial charge in [0.05, 0.1) is 23.8 Å². The number of carbonyl (C=O) groups is 2. The molecule has 2 heterocycles. The predicted molar refractivity (Wildman–Crippen MR) is 159 cm³/mol. The molecule has 1 unspecified atom stereocenters. The second-order valence-electron chi connectivity index (χ2n) is 9.79. The molecule has 1 aromatic heterocycles. The Balaban J connectivity index is 1.59. The first kappa shape index (κ1) is 27.9. The maximum atomic E-state index is 13.3. The van der Waals surface area contributed by atoms with Crippen molar-refractivity contribution in [3.63, 3.8) is 0 Å². The van der Waals surface area contributed by atoms with Crippen LogP contribution in [0.2, 0.25) is 0 Å². The molecule has 0 bridgehead atoms. The third-order valence-electron chi connectivity index (χ3n) is 7.26. The van der Waals surface area contributed by atoms with E-state index in [2.05, 4.69) is 51.6 Å². The van der Waals surface area contributed by atoms with Crippen LogP contribution in [0.25, 0.3) is 11.1 Å². The van der Waals surface area contributed by atoms with Gasteiger partial charge in [0.25, 0.3) is 0 Å². The first-order chi connectivity index (χ1) is 19.3. The Morgan fingerprint density at radius 1 is 1.20 bits per heavy atom. The van der Waals surface area contributed by atoms with Crippen LogP contribution in [-0.4, -0.2) is 41.3 Å². The molecule has 7 nitrogen and oxygen atoms in total. The predicted octanol–water partition coefficient (Wildman–Crippen LogP) is 6.49. The highest BCUT2D eigenvalue weighted by atomic mass is 79.9. The minimum absolute atomic E-state index is 0.207. The monoisotopic (exact) mass is 616 g/mol. The Labute approximate surface area is 246 Å². The summed E-state index contributed by atoms with van der Waals surface area (Å²) in [6.07, 6.45) is 2.75. The molecule has 0 spiro atoms. The molecule has 2 aliphatic rings. The van der Waals surface area contributed by atoms with Crippen molar-refractivity contribution in [2.45, 2.75) is 44.2 Å². The Bertz CT molecular complexity index is 1540. The molecule has 0 fully saturated rings. The summed E-state index contributed by atoms with van der Waals surface area (Å²) in [4.78, 5) is 32.8. The van der Waals surface area contributed by atoms with Crippen LogP contribution in [0.15, 0.2) is 69.3 Å². The van der Waals surface area contributed by atoms with E-state index in [4.69, 9.17) is 9.72 Å². The van der Waals surface area contributed by atoms with Crippen LogP contribution in [0, 0.1) is 18.3 Å². The van der Waals surface area contributed by atoms with Gasteiger partial charge in [0, 0.05) is 34.2 Å². The fourth-order valence-corrected chi connectivity index (χ4v) is 6.58. The number of aryl methyl sites for hydroxylation is 2. The minimum Gasteiger partial charge on any atom is -0.463 e. The Kier molecular flexibility index (Phi) is 8.29. The van der Waals surface area contributed by atoms with Gasteiger partial charge in [0.2, 0.25) is 0 Å². The van der Waals surface area contributed by atoms with Crippen molar-refractivity contribution >= 4 is 39.7 Å². The van der Waals surface area contributed by atoms with Crippen molar-refractivity contribution in [2.24, 2.45) is 0 Å². The number of urea groups is 1. The SMILES string of the molecule is CCOC(=O)C1=C(CSc2nc3c(c(-c4ccc(C)cc4)c2C#N)CCC3)N(C)C(=O)NC1c1ccc(Br)cc1. The summed E-state index contributed by atoms with van der Waals surface area (Å²) in [5, 5.41) is 13.9. The molecule has 2 amide bonds. The molecule has 2 aromatic carbocycles. The molecule has 1 N–H and O–H groups in total. The number of carbonyl (C=O) groups excluding carboxylic acids is 2. The molecule has 3 aromatic rings. The molecule has 1 aliphatic carbocycles. The zero-order valence-electron chi connectivity index (χ0n) is 22.6. The normalized spacial score (nSPS) is 16.4. The maximum absolute atomic E-state index is 13.3. The standard InChI is InChI=1S/C31H29BrN4O3S/c1-4-39-30(37)27-25(36(3)31(38)35-28(27)20-12-14-21(32)15-13-20)17-40-29-23(16-33)26(19-10-8-18(2)9-11-19)22-6-5-7-24(22)34-29/h8-15,28H,4-7,17H2,1-3H3,(H,35,38). The number of amides is 2. The van der Waals surface area contributed by atoms with E-state index in [0.717, 1.165) is 57.2 Å². The number of fused-ring (bicyclic) bond motifs is 1. The first-order valence-electron chi connectivity index (χ1n) is 13.2. The molecule has 1 aliphatic heterocycles. The molecule has 40 heavy (non-hydrogen) atoms. The number of halogens is 1. The first-order valence-corrected chi connectivity index (χ1v) is 15.0. The number of nitrogens with one attached hydrogen (secondary N) is 1. The van der Waals surface area contributed by atoms with E-state index < -0.39 is 12.0 Å². The van der Waals surface area contributed by atoms with Gasteiger partial charge in [-0.3, -0.25) is 4.90 Å². The summed E-state index contributed by atoms with van der Waals surface area (Å²) in [6.45, 7) is 4.01. The smallest absolute Gasteiger partial charge is 0.338 e. The van der Waals surface area contributed by atoms with Crippen LogP contribution in [0.4, 0.5) is 4.79 Å². The molecule has 1 atom stereocenters. The molecule has 5 rings (SSSR count). The zero-order valence-corrected chi connectivity index (χ0v) is 25.0.